The van der Waals surface area contributed by atoms with Crippen LogP contribution < -0.4 is 4.74 Å². The number of ether oxygens (including phenoxy) is 1. The van der Waals surface area contributed by atoms with Gasteiger partial charge in [-0.2, -0.15) is 0 Å². The van der Waals surface area contributed by atoms with E-state index in [1.165, 1.54) is 36.4 Å². The van der Waals surface area contributed by atoms with E-state index >= 15 is 0 Å². The van der Waals surface area contributed by atoms with Crippen LogP contribution in [0.25, 0.3) is 10.4 Å². The van der Waals surface area contributed by atoms with Gasteiger partial charge in [0.2, 0.25) is 0 Å². The molecule has 2 rings (SSSR count). The fraction of sp³-hybridized carbons (Fsp3) is 0. The van der Waals surface area contributed by atoms with E-state index in [1.54, 1.807) is 0 Å². The molecule has 2 aromatic rings. The van der Waals surface area contributed by atoms with Gasteiger partial charge in [-0.05, 0) is 17.7 Å². The number of hydrogen-bond donors (Lipinski definition) is 2. The van der Waals surface area contributed by atoms with Gasteiger partial charge < -0.3 is 14.9 Å². The molecular weight excluding hydrogens is 262 g/mol. The Morgan fingerprint density at radius 1 is 1.10 bits per heavy atom. The van der Waals surface area contributed by atoms with Gasteiger partial charge in [-0.1, -0.05) is 17.2 Å². The molecule has 0 fully saturated rings. The SMILES string of the molecule is [N-]=[N+]=Nc1ccc(C(=O)Oc2cc(O)cc(O)c2)cc1. The van der Waals surface area contributed by atoms with Gasteiger partial charge >= 0.3 is 5.97 Å². The maximum atomic E-state index is 11.8. The molecule has 0 saturated heterocycles. The molecule has 0 aliphatic rings. The van der Waals surface area contributed by atoms with E-state index in [2.05, 4.69) is 10.0 Å². The van der Waals surface area contributed by atoms with Crippen molar-refractivity contribution in [1.29, 1.82) is 0 Å². The van der Waals surface area contributed by atoms with E-state index in [0.29, 0.717) is 5.69 Å². The fourth-order valence-electron chi connectivity index (χ4n) is 1.51. The number of carbonyl (C=O) groups is 1. The Morgan fingerprint density at radius 3 is 2.25 bits per heavy atom. The number of azide groups is 1. The molecule has 20 heavy (non-hydrogen) atoms. The average Bonchev–Trinajstić information content (AvgIpc) is 2.38. The number of nitrogens with zero attached hydrogens (tertiary/aromatic N) is 3. The van der Waals surface area contributed by atoms with Crippen molar-refractivity contribution in [1.82, 2.24) is 0 Å². The van der Waals surface area contributed by atoms with Crippen LogP contribution in [0.4, 0.5) is 5.69 Å². The van der Waals surface area contributed by atoms with Crippen LogP contribution in [0.1, 0.15) is 10.4 Å². The number of rotatable bonds is 3. The number of aromatic hydroxyl groups is 2. The van der Waals surface area contributed by atoms with Crippen LogP contribution in [0.5, 0.6) is 17.2 Å². The van der Waals surface area contributed by atoms with E-state index in [0.717, 1.165) is 6.07 Å². The third kappa shape index (κ3) is 3.18. The van der Waals surface area contributed by atoms with Crippen LogP contribution in [0, 0.1) is 0 Å². The highest BCUT2D eigenvalue weighted by Gasteiger charge is 2.09. The van der Waals surface area contributed by atoms with E-state index in [9.17, 15) is 15.0 Å². The molecule has 0 radical (unpaired) electrons. The summed E-state index contributed by atoms with van der Waals surface area (Å²) in [5.74, 6) is -1.08. The number of benzene rings is 2. The van der Waals surface area contributed by atoms with Crippen LogP contribution in [-0.2, 0) is 0 Å². The summed E-state index contributed by atoms with van der Waals surface area (Å²) in [4.78, 5) is 14.4. The lowest BCUT2D eigenvalue weighted by molar-refractivity contribution is 0.0734. The summed E-state index contributed by atoms with van der Waals surface area (Å²) < 4.78 is 5.00. The van der Waals surface area contributed by atoms with E-state index in [-0.39, 0.29) is 22.8 Å². The standard InChI is InChI=1S/C13H9N3O4/c14-16-15-9-3-1-8(2-4-9)13(19)20-12-6-10(17)5-11(18)7-12/h1-7,17-18H. The predicted molar refractivity (Wildman–Crippen MR) is 70.0 cm³/mol. The molecule has 0 atom stereocenters. The first-order valence-electron chi connectivity index (χ1n) is 5.49. The molecule has 7 heteroatoms. The van der Waals surface area contributed by atoms with Gasteiger partial charge in [0.1, 0.15) is 17.2 Å². The molecule has 0 unspecified atom stereocenters. The van der Waals surface area contributed by atoms with Gasteiger partial charge in [0.05, 0.1) is 5.56 Å². The van der Waals surface area contributed by atoms with E-state index < -0.39 is 5.97 Å². The highest BCUT2D eigenvalue weighted by atomic mass is 16.5. The van der Waals surface area contributed by atoms with Gasteiger partial charge in [0.15, 0.2) is 0 Å². The lowest BCUT2D eigenvalue weighted by Crippen LogP contribution is -2.07. The molecule has 0 aromatic heterocycles. The zero-order valence-electron chi connectivity index (χ0n) is 10.1. The van der Waals surface area contributed by atoms with E-state index in [4.69, 9.17) is 10.3 Å². The van der Waals surface area contributed by atoms with Gasteiger partial charge in [-0.3, -0.25) is 0 Å². The number of phenols is 2. The van der Waals surface area contributed by atoms with Crippen molar-refractivity contribution in [2.75, 3.05) is 0 Å². The molecule has 7 nitrogen and oxygen atoms in total. The number of esters is 1. The summed E-state index contributed by atoms with van der Waals surface area (Å²) in [5, 5.41) is 21.9. The summed E-state index contributed by atoms with van der Waals surface area (Å²) in [7, 11) is 0. The molecule has 0 amide bonds. The highest BCUT2D eigenvalue weighted by molar-refractivity contribution is 5.91. The Bertz CT molecular complexity index is 671. The zero-order valence-corrected chi connectivity index (χ0v) is 10.1. The van der Waals surface area contributed by atoms with Crippen LogP contribution >= 0.6 is 0 Å². The zero-order chi connectivity index (χ0) is 14.5. The third-order valence-electron chi connectivity index (χ3n) is 2.35. The number of phenolic OH excluding ortho intramolecular Hbond substituents is 2. The molecule has 0 spiro atoms. The van der Waals surface area contributed by atoms with Crippen molar-refractivity contribution in [3.63, 3.8) is 0 Å². The van der Waals surface area contributed by atoms with Gasteiger partial charge in [-0.25, -0.2) is 4.79 Å². The molecule has 100 valence electrons. The molecule has 0 heterocycles. The first-order chi connectivity index (χ1) is 9.58. The predicted octanol–water partition coefficient (Wildman–Crippen LogP) is 3.26. The third-order valence-corrected chi connectivity index (χ3v) is 2.35. The van der Waals surface area contributed by atoms with Crippen LogP contribution in [0.2, 0.25) is 0 Å². The number of hydrogen-bond acceptors (Lipinski definition) is 5. The van der Waals surface area contributed by atoms with Crippen molar-refractivity contribution in [2.45, 2.75) is 0 Å². The van der Waals surface area contributed by atoms with Crippen molar-refractivity contribution in [2.24, 2.45) is 5.11 Å². The normalized spacial score (nSPS) is 9.60. The largest absolute Gasteiger partial charge is 0.508 e. The molecule has 2 N–H and O–H groups in total. The monoisotopic (exact) mass is 271 g/mol. The summed E-state index contributed by atoms with van der Waals surface area (Å²) in [6, 6.07) is 9.33. The van der Waals surface area contributed by atoms with Crippen molar-refractivity contribution in [3.8, 4) is 17.2 Å². The van der Waals surface area contributed by atoms with Gasteiger partial charge in [0, 0.05) is 28.8 Å². The molecular formula is C13H9N3O4. The van der Waals surface area contributed by atoms with Gasteiger partial charge in [0.25, 0.3) is 0 Å². The lowest BCUT2D eigenvalue weighted by atomic mass is 10.2. The summed E-state index contributed by atoms with van der Waals surface area (Å²) in [6.07, 6.45) is 0. The Balaban J connectivity index is 2.17. The molecule has 0 aliphatic heterocycles. The minimum absolute atomic E-state index is 0.0200. The van der Waals surface area contributed by atoms with Crippen LogP contribution in [0.3, 0.4) is 0 Å². The Morgan fingerprint density at radius 2 is 1.70 bits per heavy atom. The van der Waals surface area contributed by atoms with Crippen molar-refractivity contribution < 1.29 is 19.7 Å². The smallest absolute Gasteiger partial charge is 0.343 e. The molecule has 2 aromatic carbocycles. The fourth-order valence-corrected chi connectivity index (χ4v) is 1.51. The minimum Gasteiger partial charge on any atom is -0.508 e. The first-order valence-corrected chi connectivity index (χ1v) is 5.49. The average molecular weight is 271 g/mol. The van der Waals surface area contributed by atoms with Gasteiger partial charge in [-0.15, -0.1) is 0 Å². The Labute approximate surface area is 113 Å². The Kier molecular flexibility index (Phi) is 3.74. The van der Waals surface area contributed by atoms with Crippen molar-refractivity contribution in [3.05, 3.63) is 58.5 Å². The quantitative estimate of drug-likeness (QED) is 0.293. The minimum atomic E-state index is -0.664. The summed E-state index contributed by atoms with van der Waals surface area (Å²) in [6.45, 7) is 0. The second kappa shape index (κ2) is 5.64. The molecule has 0 aliphatic carbocycles. The maximum absolute atomic E-state index is 11.8. The Hall–Kier alpha value is -3.18. The van der Waals surface area contributed by atoms with Crippen LogP contribution in [-0.4, -0.2) is 16.2 Å². The summed E-state index contributed by atoms with van der Waals surface area (Å²) in [5.41, 5.74) is 8.88. The number of carbonyl (C=O) groups excluding carboxylic acids is 1. The highest BCUT2D eigenvalue weighted by Crippen LogP contribution is 2.26. The topological polar surface area (TPSA) is 116 Å². The maximum Gasteiger partial charge on any atom is 0.343 e. The second-order valence-corrected chi connectivity index (χ2v) is 3.81. The van der Waals surface area contributed by atoms with Crippen LogP contribution in [0.15, 0.2) is 47.6 Å². The molecule has 0 bridgehead atoms. The first kappa shape index (κ1) is 13.3. The second-order valence-electron chi connectivity index (χ2n) is 3.81. The summed E-state index contributed by atoms with van der Waals surface area (Å²) >= 11 is 0. The lowest BCUT2D eigenvalue weighted by Gasteiger charge is -2.05. The molecule has 0 saturated carbocycles. The van der Waals surface area contributed by atoms with Crippen molar-refractivity contribution >= 4 is 11.7 Å². The van der Waals surface area contributed by atoms with E-state index in [1.807, 2.05) is 0 Å².